The zero-order chi connectivity index (χ0) is 29.9. The number of benzene rings is 9. The summed E-state index contributed by atoms with van der Waals surface area (Å²) in [5.41, 5.74) is 10.6. The van der Waals surface area contributed by atoms with Crippen molar-refractivity contribution in [2.24, 2.45) is 0 Å². The van der Waals surface area contributed by atoms with Crippen LogP contribution in [-0.4, -0.2) is 0 Å². The van der Waals surface area contributed by atoms with E-state index in [1.54, 1.807) is 0 Å². The van der Waals surface area contributed by atoms with Crippen LogP contribution in [0.4, 0.5) is 0 Å². The summed E-state index contributed by atoms with van der Waals surface area (Å²) in [7, 11) is 0. The minimum atomic E-state index is -0.0549. The highest BCUT2D eigenvalue weighted by molar-refractivity contribution is 6.26. The molecular weight excluding hydrogens is 540 g/mol. The summed E-state index contributed by atoms with van der Waals surface area (Å²) in [5.74, 6) is 0. The van der Waals surface area contributed by atoms with Crippen LogP contribution in [0.25, 0.3) is 87.2 Å². The number of hydrogen-bond donors (Lipinski definition) is 0. The van der Waals surface area contributed by atoms with Gasteiger partial charge in [-0.25, -0.2) is 0 Å². The lowest BCUT2D eigenvalue weighted by Gasteiger charge is -2.35. The predicted octanol–water partition coefficient (Wildman–Crippen LogP) is 12.5. The van der Waals surface area contributed by atoms with Crippen LogP contribution in [0.2, 0.25) is 0 Å². The summed E-state index contributed by atoms with van der Waals surface area (Å²) < 4.78 is 0. The van der Waals surface area contributed by atoms with Crippen molar-refractivity contribution in [3.05, 3.63) is 157 Å². The highest BCUT2D eigenvalue weighted by atomic mass is 14.4. The molecule has 0 unspecified atom stereocenters. The Hall–Kier alpha value is -5.46. The van der Waals surface area contributed by atoms with E-state index in [9.17, 15) is 0 Å². The Morgan fingerprint density at radius 2 is 0.933 bits per heavy atom. The molecule has 0 heteroatoms. The Bertz CT molecular complexity index is 2650. The Morgan fingerprint density at radius 3 is 1.82 bits per heavy atom. The first-order chi connectivity index (χ1) is 22.1. The molecule has 0 saturated heterocycles. The van der Waals surface area contributed by atoms with E-state index in [0.29, 0.717) is 0 Å². The molecular formula is C45H30. The van der Waals surface area contributed by atoms with Crippen molar-refractivity contribution < 1.29 is 0 Å². The Morgan fingerprint density at radius 1 is 0.333 bits per heavy atom. The molecule has 9 aromatic carbocycles. The average molecular weight is 571 g/mol. The smallest absolute Gasteiger partial charge is 0.0159 e. The molecule has 0 N–H and O–H groups in total. The minimum Gasteiger partial charge on any atom is -0.0619 e. The van der Waals surface area contributed by atoms with Gasteiger partial charge in [0.05, 0.1) is 0 Å². The van der Waals surface area contributed by atoms with Crippen molar-refractivity contribution in [1.29, 1.82) is 0 Å². The summed E-state index contributed by atoms with van der Waals surface area (Å²) >= 11 is 0. The highest BCUT2D eigenvalue weighted by Crippen LogP contribution is 2.50. The first kappa shape index (κ1) is 24.9. The monoisotopic (exact) mass is 570 g/mol. The maximum atomic E-state index is 2.39. The van der Waals surface area contributed by atoms with E-state index < -0.39 is 0 Å². The fourth-order valence-electron chi connectivity index (χ4n) is 8.47. The molecule has 0 atom stereocenters. The zero-order valence-corrected chi connectivity index (χ0v) is 25.4. The fourth-order valence-corrected chi connectivity index (χ4v) is 8.47. The largest absolute Gasteiger partial charge is 0.0619 e. The van der Waals surface area contributed by atoms with E-state index in [0.717, 1.165) is 0 Å². The topological polar surface area (TPSA) is 0 Å². The molecule has 0 heterocycles. The van der Waals surface area contributed by atoms with Crippen LogP contribution in [0, 0.1) is 0 Å². The van der Waals surface area contributed by atoms with Gasteiger partial charge in [-0.2, -0.15) is 0 Å². The third-order valence-corrected chi connectivity index (χ3v) is 10.6. The molecule has 0 radical (unpaired) electrons. The van der Waals surface area contributed by atoms with Gasteiger partial charge in [-0.05, 0) is 104 Å². The lowest BCUT2D eigenvalue weighted by molar-refractivity contribution is 0.645. The summed E-state index contributed by atoms with van der Waals surface area (Å²) in [6.45, 7) is 4.74. The van der Waals surface area contributed by atoms with Gasteiger partial charge in [0.25, 0.3) is 0 Å². The molecule has 0 saturated carbocycles. The molecule has 10 rings (SSSR count). The van der Waals surface area contributed by atoms with Gasteiger partial charge in [0.15, 0.2) is 0 Å². The van der Waals surface area contributed by atoms with Gasteiger partial charge in [-0.3, -0.25) is 0 Å². The summed E-state index contributed by atoms with van der Waals surface area (Å²) in [5, 5.41) is 13.2. The van der Waals surface area contributed by atoms with Gasteiger partial charge in [-0.15, -0.1) is 0 Å². The quantitative estimate of drug-likeness (QED) is 0.181. The molecule has 0 spiro atoms. The first-order valence-electron chi connectivity index (χ1n) is 15.9. The van der Waals surface area contributed by atoms with Crippen LogP contribution < -0.4 is 0 Å². The molecule has 210 valence electrons. The van der Waals surface area contributed by atoms with Crippen LogP contribution in [0.1, 0.15) is 25.0 Å². The maximum absolute atomic E-state index is 2.39. The Kier molecular flexibility index (Phi) is 4.88. The summed E-state index contributed by atoms with van der Waals surface area (Å²) in [4.78, 5) is 0. The van der Waals surface area contributed by atoms with Crippen LogP contribution in [0.3, 0.4) is 0 Å². The molecule has 1 aliphatic rings. The fraction of sp³-hybridized carbons (Fsp3) is 0.0667. The number of hydrogen-bond acceptors (Lipinski definition) is 0. The third kappa shape index (κ3) is 3.32. The molecule has 1 aliphatic carbocycles. The molecule has 45 heavy (non-hydrogen) atoms. The van der Waals surface area contributed by atoms with Gasteiger partial charge in [-0.1, -0.05) is 153 Å². The van der Waals surface area contributed by atoms with E-state index in [4.69, 9.17) is 0 Å². The summed E-state index contributed by atoms with van der Waals surface area (Å²) in [6.07, 6.45) is 0. The molecule has 0 bridgehead atoms. The second-order valence-corrected chi connectivity index (χ2v) is 13.3. The molecule has 0 nitrogen and oxygen atoms in total. The van der Waals surface area contributed by atoms with E-state index in [-0.39, 0.29) is 5.41 Å². The van der Waals surface area contributed by atoms with Gasteiger partial charge in [0.1, 0.15) is 0 Å². The van der Waals surface area contributed by atoms with E-state index >= 15 is 0 Å². The minimum absolute atomic E-state index is 0.0549. The number of rotatable bonds is 2. The predicted molar refractivity (Wildman–Crippen MR) is 194 cm³/mol. The number of fused-ring (bicyclic) bond motifs is 3. The summed E-state index contributed by atoms with van der Waals surface area (Å²) in [6, 6.07) is 54.7. The van der Waals surface area contributed by atoms with Crippen LogP contribution >= 0.6 is 0 Å². The van der Waals surface area contributed by atoms with Crippen molar-refractivity contribution in [2.45, 2.75) is 19.3 Å². The zero-order valence-electron chi connectivity index (χ0n) is 25.4. The van der Waals surface area contributed by atoms with Crippen molar-refractivity contribution in [1.82, 2.24) is 0 Å². The highest BCUT2D eigenvalue weighted by Gasteiger charge is 2.33. The molecule has 0 fully saturated rings. The lowest BCUT2D eigenvalue weighted by Crippen LogP contribution is -2.23. The van der Waals surface area contributed by atoms with E-state index in [2.05, 4.69) is 159 Å². The molecule has 0 aromatic heterocycles. The maximum Gasteiger partial charge on any atom is 0.0159 e. The third-order valence-electron chi connectivity index (χ3n) is 10.6. The van der Waals surface area contributed by atoms with Crippen molar-refractivity contribution in [2.75, 3.05) is 0 Å². The van der Waals surface area contributed by atoms with E-state index in [1.165, 1.54) is 98.4 Å². The molecule has 9 aromatic rings. The van der Waals surface area contributed by atoms with Gasteiger partial charge in [0, 0.05) is 5.41 Å². The van der Waals surface area contributed by atoms with Crippen LogP contribution in [0.5, 0.6) is 0 Å². The molecule has 0 aliphatic heterocycles. The second-order valence-electron chi connectivity index (χ2n) is 13.3. The van der Waals surface area contributed by atoms with Gasteiger partial charge >= 0.3 is 0 Å². The van der Waals surface area contributed by atoms with Crippen LogP contribution in [-0.2, 0) is 5.41 Å². The Balaban J connectivity index is 1.18. The Labute approximate surface area is 262 Å². The standard InChI is InChI=1S/C45H30/c1-45(2)40-15-4-3-11-36(40)38-14-7-13-37-33(24-25-41(45)44(37)38)31-20-21-32-30(26-31)10-6-12-34(32)35-22-18-29-17-16-27-8-5-9-28-19-23-39(35)43(29)42(27)28/h3-26H,1-2H3. The van der Waals surface area contributed by atoms with Crippen molar-refractivity contribution in [3.8, 4) is 33.4 Å². The second kappa shape index (κ2) is 8.80. The van der Waals surface area contributed by atoms with Gasteiger partial charge in [0.2, 0.25) is 0 Å². The average Bonchev–Trinajstić information content (AvgIpc) is 3.09. The first-order valence-corrected chi connectivity index (χ1v) is 15.9. The van der Waals surface area contributed by atoms with Crippen molar-refractivity contribution in [3.63, 3.8) is 0 Å². The van der Waals surface area contributed by atoms with Gasteiger partial charge < -0.3 is 0 Å². The SMILES string of the molecule is CC1(C)c2ccccc2-c2cccc3c(-c4ccc5c(-c6ccc7ccc8cccc9ccc6c7c89)cccc5c4)ccc1c23. The van der Waals surface area contributed by atoms with E-state index in [1.807, 2.05) is 0 Å². The molecule has 0 amide bonds. The van der Waals surface area contributed by atoms with Crippen molar-refractivity contribution >= 4 is 53.9 Å². The van der Waals surface area contributed by atoms with Crippen LogP contribution in [0.15, 0.2) is 146 Å². The normalized spacial score (nSPS) is 13.7. The lowest BCUT2D eigenvalue weighted by atomic mass is 9.68.